The first-order valence-corrected chi connectivity index (χ1v) is 9.93. The number of fused-ring (bicyclic) bond motifs is 1. The molecule has 1 unspecified atom stereocenters. The molecule has 0 saturated carbocycles. The monoisotopic (exact) mass is 430 g/mol. The van der Waals surface area contributed by atoms with E-state index in [-0.39, 0.29) is 23.7 Å². The molecule has 2 amide bonds. The number of hydrogen-bond donors (Lipinski definition) is 1. The summed E-state index contributed by atoms with van der Waals surface area (Å²) in [7, 11) is 0. The van der Waals surface area contributed by atoms with Crippen molar-refractivity contribution in [2.45, 2.75) is 32.0 Å². The van der Waals surface area contributed by atoms with Crippen LogP contribution in [0.4, 0.5) is 13.2 Å². The molecule has 0 aliphatic carbocycles. The summed E-state index contributed by atoms with van der Waals surface area (Å²) in [6, 6.07) is 9.48. The SMILES string of the molecule is Cc1cccc2nc(C(=O)NC(CN3CCCC3=O)c3cccc(C(F)(F)F)c3)cn12. The van der Waals surface area contributed by atoms with Gasteiger partial charge in [-0.15, -0.1) is 0 Å². The van der Waals surface area contributed by atoms with Crippen LogP contribution in [0.1, 0.15) is 46.2 Å². The smallest absolute Gasteiger partial charge is 0.342 e. The highest BCUT2D eigenvalue weighted by Gasteiger charge is 2.32. The third kappa shape index (κ3) is 4.40. The minimum atomic E-state index is -4.51. The molecule has 1 N–H and O–H groups in total. The quantitative estimate of drug-likeness (QED) is 0.671. The topological polar surface area (TPSA) is 66.7 Å². The van der Waals surface area contributed by atoms with Gasteiger partial charge >= 0.3 is 6.18 Å². The lowest BCUT2D eigenvalue weighted by Gasteiger charge is -2.25. The molecule has 6 nitrogen and oxygen atoms in total. The molecule has 3 aromatic rings. The Kier molecular flexibility index (Phi) is 5.43. The normalized spacial score (nSPS) is 15.5. The lowest BCUT2D eigenvalue weighted by Crippen LogP contribution is -2.38. The van der Waals surface area contributed by atoms with E-state index in [1.165, 1.54) is 12.1 Å². The first kappa shape index (κ1) is 20.9. The molecule has 0 bridgehead atoms. The van der Waals surface area contributed by atoms with Crippen molar-refractivity contribution in [1.82, 2.24) is 19.6 Å². The number of halogens is 3. The zero-order chi connectivity index (χ0) is 22.2. The summed E-state index contributed by atoms with van der Waals surface area (Å²) in [5, 5.41) is 2.78. The predicted molar refractivity (Wildman–Crippen MR) is 107 cm³/mol. The van der Waals surface area contributed by atoms with Gasteiger partial charge in [0, 0.05) is 31.4 Å². The zero-order valence-corrected chi connectivity index (χ0v) is 16.8. The average molecular weight is 430 g/mol. The van der Waals surface area contributed by atoms with E-state index in [1.54, 1.807) is 21.6 Å². The first-order valence-electron chi connectivity index (χ1n) is 9.93. The Morgan fingerprint density at radius 2 is 2.00 bits per heavy atom. The van der Waals surface area contributed by atoms with E-state index in [4.69, 9.17) is 0 Å². The van der Waals surface area contributed by atoms with Gasteiger partial charge < -0.3 is 14.6 Å². The summed E-state index contributed by atoms with van der Waals surface area (Å²) >= 11 is 0. The number of benzene rings is 1. The van der Waals surface area contributed by atoms with E-state index < -0.39 is 23.7 Å². The van der Waals surface area contributed by atoms with Crippen molar-refractivity contribution >= 4 is 17.5 Å². The highest BCUT2D eigenvalue weighted by Crippen LogP contribution is 2.31. The van der Waals surface area contributed by atoms with Crippen LogP contribution >= 0.6 is 0 Å². The molecule has 0 spiro atoms. The average Bonchev–Trinajstić information content (AvgIpc) is 3.34. The van der Waals surface area contributed by atoms with Gasteiger partial charge in [-0.1, -0.05) is 18.2 Å². The minimum Gasteiger partial charge on any atom is -0.342 e. The lowest BCUT2D eigenvalue weighted by molar-refractivity contribution is -0.137. The summed E-state index contributed by atoms with van der Waals surface area (Å²) in [6.45, 7) is 2.48. The number of amides is 2. The molecule has 0 radical (unpaired) electrons. The van der Waals surface area contributed by atoms with Crippen LogP contribution < -0.4 is 5.32 Å². The van der Waals surface area contributed by atoms with E-state index in [9.17, 15) is 22.8 Å². The summed E-state index contributed by atoms with van der Waals surface area (Å²) in [4.78, 5) is 30.9. The fourth-order valence-electron chi connectivity index (χ4n) is 3.77. The van der Waals surface area contributed by atoms with Crippen molar-refractivity contribution < 1.29 is 22.8 Å². The van der Waals surface area contributed by atoms with Crippen molar-refractivity contribution in [3.63, 3.8) is 0 Å². The highest BCUT2D eigenvalue weighted by atomic mass is 19.4. The maximum Gasteiger partial charge on any atom is 0.416 e. The molecule has 1 atom stereocenters. The van der Waals surface area contributed by atoms with Gasteiger partial charge in [0.1, 0.15) is 11.3 Å². The molecule has 31 heavy (non-hydrogen) atoms. The van der Waals surface area contributed by atoms with Crippen LogP contribution in [0.5, 0.6) is 0 Å². The standard InChI is InChI=1S/C22H21F3N4O2/c1-14-5-2-8-19-26-18(13-29(14)19)21(31)27-17(12-28-10-4-9-20(28)30)15-6-3-7-16(11-15)22(23,24)25/h2-3,5-8,11,13,17H,4,9-10,12H2,1H3,(H,27,31). The van der Waals surface area contributed by atoms with Gasteiger partial charge in [-0.2, -0.15) is 13.2 Å². The molecule has 1 aromatic carbocycles. The highest BCUT2D eigenvalue weighted by molar-refractivity contribution is 5.93. The number of hydrogen-bond acceptors (Lipinski definition) is 3. The number of carbonyl (C=O) groups is 2. The molecular weight excluding hydrogens is 409 g/mol. The molecular formula is C22H21F3N4O2. The number of aryl methyl sites for hydroxylation is 1. The van der Waals surface area contributed by atoms with Crippen molar-refractivity contribution in [2.24, 2.45) is 0 Å². The second-order valence-electron chi connectivity index (χ2n) is 7.61. The number of rotatable bonds is 5. The van der Waals surface area contributed by atoms with Gasteiger partial charge in [0.25, 0.3) is 5.91 Å². The number of carbonyl (C=O) groups excluding carboxylic acids is 2. The number of imidazole rings is 1. The Bertz CT molecular complexity index is 1140. The van der Waals surface area contributed by atoms with Gasteiger partial charge in [-0.3, -0.25) is 9.59 Å². The molecule has 4 rings (SSSR count). The van der Waals surface area contributed by atoms with Crippen molar-refractivity contribution in [3.8, 4) is 0 Å². The maximum absolute atomic E-state index is 13.2. The molecule has 3 heterocycles. The molecule has 162 valence electrons. The Balaban J connectivity index is 1.64. The Hall–Kier alpha value is -3.36. The molecule has 1 aliphatic heterocycles. The third-order valence-electron chi connectivity index (χ3n) is 5.42. The summed E-state index contributed by atoms with van der Waals surface area (Å²) in [6.07, 6.45) is -1.83. The van der Waals surface area contributed by atoms with Crippen molar-refractivity contribution in [3.05, 3.63) is 71.2 Å². The Morgan fingerprint density at radius 3 is 2.68 bits per heavy atom. The first-order chi connectivity index (χ1) is 14.7. The maximum atomic E-state index is 13.2. The van der Waals surface area contributed by atoms with Gasteiger partial charge in [0.15, 0.2) is 0 Å². The number of aromatic nitrogens is 2. The lowest BCUT2D eigenvalue weighted by atomic mass is 10.0. The number of alkyl halides is 3. The van der Waals surface area contributed by atoms with E-state index in [1.807, 2.05) is 19.1 Å². The summed E-state index contributed by atoms with van der Waals surface area (Å²) < 4.78 is 41.4. The molecule has 9 heteroatoms. The van der Waals surface area contributed by atoms with Crippen LogP contribution in [0.2, 0.25) is 0 Å². The fraction of sp³-hybridized carbons (Fsp3) is 0.318. The second kappa shape index (κ2) is 8.05. The second-order valence-corrected chi connectivity index (χ2v) is 7.61. The van der Waals surface area contributed by atoms with E-state index >= 15 is 0 Å². The van der Waals surface area contributed by atoms with E-state index in [0.29, 0.717) is 25.0 Å². The molecule has 1 saturated heterocycles. The Morgan fingerprint density at radius 1 is 1.23 bits per heavy atom. The van der Waals surface area contributed by atoms with Crippen LogP contribution in [0.25, 0.3) is 5.65 Å². The van der Waals surface area contributed by atoms with Crippen LogP contribution in [0.3, 0.4) is 0 Å². The third-order valence-corrected chi connectivity index (χ3v) is 5.42. The van der Waals surface area contributed by atoms with Crippen LogP contribution in [-0.4, -0.2) is 39.2 Å². The molecule has 1 aliphatic rings. The summed E-state index contributed by atoms with van der Waals surface area (Å²) in [5.41, 5.74) is 1.11. The van der Waals surface area contributed by atoms with E-state index in [0.717, 1.165) is 17.8 Å². The van der Waals surface area contributed by atoms with E-state index in [2.05, 4.69) is 10.3 Å². The number of nitrogens with zero attached hydrogens (tertiary/aromatic N) is 3. The van der Waals surface area contributed by atoms with Gasteiger partial charge in [-0.05, 0) is 43.2 Å². The number of likely N-dealkylation sites (tertiary alicyclic amines) is 1. The minimum absolute atomic E-state index is 0.0745. The van der Waals surface area contributed by atoms with Gasteiger partial charge in [0.05, 0.1) is 11.6 Å². The predicted octanol–water partition coefficient (Wildman–Crippen LogP) is 3.76. The van der Waals surface area contributed by atoms with Crippen LogP contribution in [0.15, 0.2) is 48.7 Å². The molecule has 1 fully saturated rings. The number of pyridine rings is 1. The zero-order valence-electron chi connectivity index (χ0n) is 16.8. The van der Waals surface area contributed by atoms with Crippen molar-refractivity contribution in [2.75, 3.05) is 13.1 Å². The fourth-order valence-corrected chi connectivity index (χ4v) is 3.77. The summed E-state index contributed by atoms with van der Waals surface area (Å²) in [5.74, 6) is -0.591. The largest absolute Gasteiger partial charge is 0.416 e. The van der Waals surface area contributed by atoms with Gasteiger partial charge in [-0.25, -0.2) is 4.98 Å². The molecule has 2 aromatic heterocycles. The van der Waals surface area contributed by atoms with Crippen LogP contribution in [0, 0.1) is 6.92 Å². The number of nitrogens with one attached hydrogen (secondary N) is 1. The van der Waals surface area contributed by atoms with Gasteiger partial charge in [0.2, 0.25) is 5.91 Å². The van der Waals surface area contributed by atoms with Crippen molar-refractivity contribution in [1.29, 1.82) is 0 Å². The van der Waals surface area contributed by atoms with Crippen LogP contribution in [-0.2, 0) is 11.0 Å². The Labute approximate surface area is 176 Å².